The van der Waals surface area contributed by atoms with E-state index in [0.29, 0.717) is 9.94 Å². The molecular weight excluding hydrogens is 394 g/mol. The number of hydrogen-bond acceptors (Lipinski definition) is 8. The smallest absolute Gasteiger partial charge is 0.439 e. The summed E-state index contributed by atoms with van der Waals surface area (Å²) in [6.07, 6.45) is -1.00. The Morgan fingerprint density at radius 1 is 1.07 bits per heavy atom. The Morgan fingerprint density at radius 3 is 2.30 bits per heavy atom. The van der Waals surface area contributed by atoms with Crippen molar-refractivity contribution >= 4 is 39.2 Å². The van der Waals surface area contributed by atoms with Crippen LogP contribution in [0.25, 0.3) is 0 Å². The summed E-state index contributed by atoms with van der Waals surface area (Å²) in [5.41, 5.74) is 0.0151. The van der Waals surface area contributed by atoms with E-state index in [1.165, 1.54) is 24.4 Å². The molecular formula is C17H19NO7S2. The summed E-state index contributed by atoms with van der Waals surface area (Å²) in [6, 6.07) is 7.89. The van der Waals surface area contributed by atoms with Gasteiger partial charge < -0.3 is 9.47 Å². The molecule has 0 atom stereocenters. The number of carbonyl (C=O) groups is 2. The third-order valence-electron chi connectivity index (χ3n) is 3.26. The summed E-state index contributed by atoms with van der Waals surface area (Å²) in [5, 5.41) is 1.91. The summed E-state index contributed by atoms with van der Waals surface area (Å²) in [7, 11) is -4.52. The highest BCUT2D eigenvalue weighted by Gasteiger charge is 2.33. The maximum absolute atomic E-state index is 12.9. The number of hydroxylamine groups is 1. The molecule has 0 radical (unpaired) electrons. The van der Waals surface area contributed by atoms with E-state index in [4.69, 9.17) is 13.8 Å². The molecule has 1 heterocycles. The number of hydrogen-bond donors (Lipinski definition) is 0. The molecule has 1 aromatic carbocycles. The van der Waals surface area contributed by atoms with E-state index in [-0.39, 0.29) is 29.4 Å². The molecule has 0 unspecified atom stereocenters. The molecule has 1 aromatic heterocycles. The number of aryl methyl sites for hydroxylation is 1. The van der Waals surface area contributed by atoms with Crippen molar-refractivity contribution in [2.75, 3.05) is 18.3 Å². The first-order valence-corrected chi connectivity index (χ1v) is 10.3. The van der Waals surface area contributed by atoms with Crippen LogP contribution in [-0.4, -0.2) is 33.7 Å². The summed E-state index contributed by atoms with van der Waals surface area (Å²) in [6.45, 7) is 4.84. The number of rotatable bonds is 7. The standard InChI is InChI=1S/C17H19NO7S2/c1-4-23-16(19)14-11-26-12(3)15(14)27(21,22)25-18(17(20)24-5-2)13-9-7-6-8-10-13/h6-11H,4-5H2,1-3H3. The average molecular weight is 413 g/mol. The molecule has 10 heteroatoms. The number of ether oxygens (including phenoxy) is 2. The minimum atomic E-state index is -4.52. The quantitative estimate of drug-likeness (QED) is 0.506. The van der Waals surface area contributed by atoms with E-state index in [0.717, 1.165) is 11.3 Å². The minimum absolute atomic E-state index is 0.0249. The number of nitrogens with zero attached hydrogens (tertiary/aromatic N) is 1. The number of esters is 1. The fourth-order valence-electron chi connectivity index (χ4n) is 2.16. The first kappa shape index (κ1) is 20.9. The van der Waals surface area contributed by atoms with Crippen molar-refractivity contribution in [1.29, 1.82) is 0 Å². The molecule has 0 bridgehead atoms. The average Bonchev–Trinajstić information content (AvgIpc) is 3.03. The van der Waals surface area contributed by atoms with Gasteiger partial charge in [-0.25, -0.2) is 9.59 Å². The largest absolute Gasteiger partial charge is 0.462 e. The van der Waals surface area contributed by atoms with Crippen molar-refractivity contribution in [1.82, 2.24) is 0 Å². The summed E-state index contributed by atoms with van der Waals surface area (Å²) >= 11 is 1.06. The van der Waals surface area contributed by atoms with Crippen LogP contribution < -0.4 is 5.06 Å². The van der Waals surface area contributed by atoms with Gasteiger partial charge in [0.05, 0.1) is 24.5 Å². The second-order valence-electron chi connectivity index (χ2n) is 5.11. The van der Waals surface area contributed by atoms with Crippen LogP contribution >= 0.6 is 11.3 Å². The Labute approximate surface area is 161 Å². The van der Waals surface area contributed by atoms with Gasteiger partial charge in [0.25, 0.3) is 0 Å². The Bertz CT molecular complexity index is 907. The van der Waals surface area contributed by atoms with Crippen LogP contribution in [0.1, 0.15) is 29.1 Å². The Morgan fingerprint density at radius 2 is 1.70 bits per heavy atom. The topological polar surface area (TPSA) is 99.2 Å². The van der Waals surface area contributed by atoms with Crippen LogP contribution in [0.15, 0.2) is 40.6 Å². The molecule has 0 saturated carbocycles. The van der Waals surface area contributed by atoms with Crippen molar-refractivity contribution in [2.24, 2.45) is 0 Å². The molecule has 2 aromatic rings. The number of para-hydroxylation sites is 1. The zero-order valence-electron chi connectivity index (χ0n) is 15.0. The van der Waals surface area contributed by atoms with Gasteiger partial charge in [0.1, 0.15) is 4.90 Å². The van der Waals surface area contributed by atoms with Crippen molar-refractivity contribution < 1.29 is 31.8 Å². The van der Waals surface area contributed by atoms with Gasteiger partial charge in [-0.3, -0.25) is 0 Å². The number of thiophene rings is 1. The number of amides is 1. The molecule has 0 saturated heterocycles. The van der Waals surface area contributed by atoms with E-state index in [1.807, 2.05) is 0 Å². The monoisotopic (exact) mass is 413 g/mol. The molecule has 8 nitrogen and oxygen atoms in total. The zero-order valence-corrected chi connectivity index (χ0v) is 16.6. The van der Waals surface area contributed by atoms with Gasteiger partial charge in [0.15, 0.2) is 0 Å². The molecule has 0 fully saturated rings. The van der Waals surface area contributed by atoms with Crippen molar-refractivity contribution in [3.63, 3.8) is 0 Å². The minimum Gasteiger partial charge on any atom is -0.462 e. The van der Waals surface area contributed by atoms with E-state index in [2.05, 4.69) is 0 Å². The van der Waals surface area contributed by atoms with Gasteiger partial charge in [-0.15, -0.1) is 20.7 Å². The fraction of sp³-hybridized carbons (Fsp3) is 0.294. The first-order valence-electron chi connectivity index (χ1n) is 8.03. The van der Waals surface area contributed by atoms with Crippen LogP contribution in [0.3, 0.4) is 0 Å². The molecule has 0 N–H and O–H groups in total. The summed E-state index contributed by atoms with van der Waals surface area (Å²) in [5.74, 6) is -0.786. The zero-order chi connectivity index (χ0) is 20.0. The Kier molecular flexibility index (Phi) is 6.94. The lowest BCUT2D eigenvalue weighted by Gasteiger charge is -2.20. The number of anilines is 1. The van der Waals surface area contributed by atoms with Crippen LogP contribution in [0.4, 0.5) is 10.5 Å². The Hall–Kier alpha value is -2.43. The van der Waals surface area contributed by atoms with Crippen LogP contribution in [-0.2, 0) is 23.9 Å². The predicted molar refractivity (Wildman–Crippen MR) is 99.2 cm³/mol. The van der Waals surface area contributed by atoms with E-state index in [1.54, 1.807) is 32.0 Å². The normalized spacial score (nSPS) is 11.1. The third kappa shape index (κ3) is 4.85. The second kappa shape index (κ2) is 8.98. The molecule has 0 aliphatic heterocycles. The molecule has 27 heavy (non-hydrogen) atoms. The van der Waals surface area contributed by atoms with Crippen LogP contribution in [0.5, 0.6) is 0 Å². The molecule has 0 aliphatic carbocycles. The number of carbonyl (C=O) groups excluding carboxylic acids is 2. The highest BCUT2D eigenvalue weighted by Crippen LogP contribution is 2.30. The molecule has 146 valence electrons. The van der Waals surface area contributed by atoms with Crippen LogP contribution in [0.2, 0.25) is 0 Å². The van der Waals surface area contributed by atoms with Crippen molar-refractivity contribution in [2.45, 2.75) is 25.7 Å². The summed E-state index contributed by atoms with van der Waals surface area (Å²) in [4.78, 5) is 24.3. The van der Waals surface area contributed by atoms with Crippen LogP contribution in [0, 0.1) is 6.92 Å². The second-order valence-corrected chi connectivity index (χ2v) is 7.66. The van der Waals surface area contributed by atoms with E-state index >= 15 is 0 Å². The number of benzene rings is 1. The Balaban J connectivity index is 2.45. The highest BCUT2D eigenvalue weighted by molar-refractivity contribution is 7.87. The lowest BCUT2D eigenvalue weighted by Crippen LogP contribution is -2.34. The molecule has 2 rings (SSSR count). The molecule has 0 spiro atoms. The van der Waals surface area contributed by atoms with Gasteiger partial charge >= 0.3 is 22.2 Å². The lowest BCUT2D eigenvalue weighted by molar-refractivity contribution is 0.0522. The SMILES string of the molecule is CCOC(=O)c1csc(C)c1S(=O)(=O)ON(C(=O)OCC)c1ccccc1. The fourth-order valence-corrected chi connectivity index (χ4v) is 4.60. The molecule has 1 amide bonds. The maximum Gasteiger partial charge on any atom is 0.439 e. The maximum atomic E-state index is 12.9. The van der Waals surface area contributed by atoms with Gasteiger partial charge in [-0.2, -0.15) is 8.42 Å². The van der Waals surface area contributed by atoms with Crippen molar-refractivity contribution in [3.05, 3.63) is 46.2 Å². The van der Waals surface area contributed by atoms with E-state index < -0.39 is 22.2 Å². The summed E-state index contributed by atoms with van der Waals surface area (Å²) < 4.78 is 40.6. The van der Waals surface area contributed by atoms with Gasteiger partial charge in [-0.1, -0.05) is 18.2 Å². The molecule has 0 aliphatic rings. The highest BCUT2D eigenvalue weighted by atomic mass is 32.2. The van der Waals surface area contributed by atoms with Gasteiger partial charge in [0, 0.05) is 10.3 Å². The van der Waals surface area contributed by atoms with Crippen molar-refractivity contribution in [3.8, 4) is 0 Å². The van der Waals surface area contributed by atoms with Gasteiger partial charge in [0.2, 0.25) is 0 Å². The predicted octanol–water partition coefficient (Wildman–Crippen LogP) is 3.52. The van der Waals surface area contributed by atoms with E-state index in [9.17, 15) is 18.0 Å². The lowest BCUT2D eigenvalue weighted by atomic mass is 10.3. The third-order valence-corrected chi connectivity index (χ3v) is 5.67. The first-order chi connectivity index (χ1) is 12.8. The van der Waals surface area contributed by atoms with Gasteiger partial charge in [-0.05, 0) is 32.9 Å².